The Hall–Kier alpha value is -3.80. The summed E-state index contributed by atoms with van der Waals surface area (Å²) >= 11 is 0. The number of aliphatic hydroxyl groups is 1. The second kappa shape index (κ2) is 8.52. The molecule has 12 heteroatoms. The first kappa shape index (κ1) is 23.4. The Morgan fingerprint density at radius 2 is 1.88 bits per heavy atom. The van der Waals surface area contributed by atoms with E-state index in [1.165, 1.54) is 28.9 Å². The normalized spacial score (nSPS) is 13.7. The number of ether oxygens (including phenoxy) is 1. The van der Waals surface area contributed by atoms with E-state index in [0.29, 0.717) is 17.4 Å². The van der Waals surface area contributed by atoms with Crippen LogP contribution in [0, 0.1) is 17.5 Å². The highest BCUT2D eigenvalue weighted by molar-refractivity contribution is 5.69. The van der Waals surface area contributed by atoms with Gasteiger partial charge in [-0.25, -0.2) is 26.5 Å². The van der Waals surface area contributed by atoms with Gasteiger partial charge in [0.15, 0.2) is 28.6 Å². The lowest BCUT2D eigenvalue weighted by Crippen LogP contribution is -2.44. The summed E-state index contributed by atoms with van der Waals surface area (Å²) in [6.07, 6.45) is 1.06. The molecule has 3 N–H and O–H groups in total. The van der Waals surface area contributed by atoms with Crippen LogP contribution >= 0.6 is 0 Å². The first-order valence-corrected chi connectivity index (χ1v) is 9.95. The van der Waals surface area contributed by atoms with Crippen molar-refractivity contribution in [3.05, 3.63) is 71.9 Å². The van der Waals surface area contributed by atoms with Crippen LogP contribution < -0.4 is 10.5 Å². The number of pyridine rings is 2. The molecule has 1 aromatic carbocycles. The molecule has 178 valence electrons. The van der Waals surface area contributed by atoms with Crippen LogP contribution in [0.3, 0.4) is 0 Å². The maximum absolute atomic E-state index is 15.1. The third kappa shape index (κ3) is 4.23. The molecule has 7 nitrogen and oxygen atoms in total. The van der Waals surface area contributed by atoms with Gasteiger partial charge in [0.2, 0.25) is 5.95 Å². The third-order valence-electron chi connectivity index (χ3n) is 5.31. The molecular weight excluding hydrogens is 461 g/mol. The Bertz CT molecular complexity index is 1340. The Balaban J connectivity index is 1.54. The number of aromatic nitrogens is 4. The number of rotatable bonds is 7. The van der Waals surface area contributed by atoms with Gasteiger partial charge in [-0.15, -0.1) is 5.10 Å². The minimum atomic E-state index is -3.82. The fourth-order valence-corrected chi connectivity index (χ4v) is 3.33. The van der Waals surface area contributed by atoms with E-state index in [-0.39, 0.29) is 11.5 Å². The van der Waals surface area contributed by atoms with Gasteiger partial charge in [0.05, 0.1) is 18.5 Å². The molecule has 4 aromatic rings. The van der Waals surface area contributed by atoms with E-state index in [0.717, 1.165) is 25.1 Å². The second-order valence-electron chi connectivity index (χ2n) is 7.66. The maximum Gasteiger partial charge on any atom is 0.284 e. The number of hydrogen-bond donors (Lipinski definition) is 2. The SMILES string of the molecule is CC(O)(c1ccc(F)cn1)C(F)(F)CCOc1c(F)ccc(-c2ccn3nc(N)nc3c2)c1F. The summed E-state index contributed by atoms with van der Waals surface area (Å²) in [7, 11) is 0. The van der Waals surface area contributed by atoms with E-state index in [4.69, 9.17) is 10.5 Å². The molecule has 0 aliphatic heterocycles. The summed E-state index contributed by atoms with van der Waals surface area (Å²) in [5.41, 5.74) is 2.84. The van der Waals surface area contributed by atoms with Crippen LogP contribution in [0.1, 0.15) is 19.0 Å². The molecule has 0 amide bonds. The molecule has 3 heterocycles. The lowest BCUT2D eigenvalue weighted by molar-refractivity contribution is -0.186. The van der Waals surface area contributed by atoms with Gasteiger partial charge < -0.3 is 15.6 Å². The third-order valence-corrected chi connectivity index (χ3v) is 5.31. The number of hydrogen-bond acceptors (Lipinski definition) is 6. The van der Waals surface area contributed by atoms with Crippen LogP contribution in [0.25, 0.3) is 16.8 Å². The van der Waals surface area contributed by atoms with Gasteiger partial charge >= 0.3 is 0 Å². The molecule has 0 fully saturated rings. The van der Waals surface area contributed by atoms with Gasteiger partial charge in [-0.3, -0.25) is 4.98 Å². The van der Waals surface area contributed by atoms with Gasteiger partial charge in [0, 0.05) is 18.2 Å². The lowest BCUT2D eigenvalue weighted by atomic mass is 9.91. The summed E-state index contributed by atoms with van der Waals surface area (Å²) in [5, 5.41) is 14.2. The van der Waals surface area contributed by atoms with Crippen LogP contribution in [-0.4, -0.2) is 37.2 Å². The van der Waals surface area contributed by atoms with Gasteiger partial charge in [0.25, 0.3) is 5.92 Å². The molecular formula is C22H18F5N5O2. The fourth-order valence-electron chi connectivity index (χ4n) is 3.33. The lowest BCUT2D eigenvalue weighted by Gasteiger charge is -2.32. The van der Waals surface area contributed by atoms with Gasteiger partial charge in [0.1, 0.15) is 5.82 Å². The molecule has 0 saturated carbocycles. The fraction of sp³-hybridized carbons (Fsp3) is 0.227. The van der Waals surface area contributed by atoms with Crippen molar-refractivity contribution in [2.45, 2.75) is 24.9 Å². The first-order valence-electron chi connectivity index (χ1n) is 9.95. The molecule has 0 bridgehead atoms. The van der Waals surface area contributed by atoms with E-state index in [1.54, 1.807) is 0 Å². The predicted octanol–water partition coefficient (Wildman–Crippen LogP) is 4.10. The van der Waals surface area contributed by atoms with Crippen molar-refractivity contribution in [3.63, 3.8) is 0 Å². The number of anilines is 1. The summed E-state index contributed by atoms with van der Waals surface area (Å²) in [4.78, 5) is 7.46. The number of alkyl halides is 2. The van der Waals surface area contributed by atoms with Crippen LogP contribution in [-0.2, 0) is 5.60 Å². The topological polar surface area (TPSA) is 98.6 Å². The molecule has 0 aliphatic rings. The second-order valence-corrected chi connectivity index (χ2v) is 7.66. The van der Waals surface area contributed by atoms with Crippen molar-refractivity contribution in [3.8, 4) is 16.9 Å². The van der Waals surface area contributed by atoms with E-state index in [1.807, 2.05) is 0 Å². The maximum atomic E-state index is 15.1. The van der Waals surface area contributed by atoms with E-state index < -0.39 is 53.4 Å². The predicted molar refractivity (Wildman–Crippen MR) is 112 cm³/mol. The molecule has 0 aliphatic carbocycles. The highest BCUT2D eigenvalue weighted by atomic mass is 19.3. The average molecular weight is 479 g/mol. The quantitative estimate of drug-likeness (QED) is 0.388. The number of fused-ring (bicyclic) bond motifs is 1. The van der Waals surface area contributed by atoms with E-state index >= 15 is 4.39 Å². The monoisotopic (exact) mass is 479 g/mol. The summed E-state index contributed by atoms with van der Waals surface area (Å²) in [6, 6.07) is 6.86. The first-order chi connectivity index (χ1) is 16.0. The van der Waals surface area contributed by atoms with Crippen molar-refractivity contribution < 1.29 is 31.8 Å². The number of benzene rings is 1. The minimum Gasteiger partial charge on any atom is -0.487 e. The number of nitrogens with zero attached hydrogens (tertiary/aromatic N) is 4. The standard InChI is InChI=1S/C22H18F5N5O2/c1-21(33,16-5-2-13(23)11-29-16)22(26,27)7-9-34-19-15(24)4-3-14(18(19)25)12-6-8-32-17(10-12)30-20(28)31-32/h2-6,8,10-11,33H,7,9H2,1H3,(H2,28,31). The van der Waals surface area contributed by atoms with Crippen LogP contribution in [0.4, 0.5) is 27.9 Å². The van der Waals surface area contributed by atoms with Crippen molar-refractivity contribution in [2.24, 2.45) is 0 Å². The van der Waals surface area contributed by atoms with Gasteiger partial charge in [-0.05, 0) is 48.9 Å². The molecule has 0 saturated heterocycles. The van der Waals surface area contributed by atoms with Crippen LogP contribution in [0.5, 0.6) is 5.75 Å². The molecule has 0 spiro atoms. The summed E-state index contributed by atoms with van der Waals surface area (Å²) in [6.45, 7) is -0.0240. The highest BCUT2D eigenvalue weighted by Gasteiger charge is 2.51. The summed E-state index contributed by atoms with van der Waals surface area (Å²) in [5.74, 6) is -7.62. The number of nitrogens with two attached hydrogens (primary N) is 1. The number of nitrogen functional groups attached to an aromatic ring is 1. The smallest absolute Gasteiger partial charge is 0.284 e. The van der Waals surface area contributed by atoms with Crippen molar-refractivity contribution in [2.75, 3.05) is 12.3 Å². The zero-order valence-corrected chi connectivity index (χ0v) is 17.6. The van der Waals surface area contributed by atoms with Crippen molar-refractivity contribution in [1.29, 1.82) is 0 Å². The molecule has 1 atom stereocenters. The van der Waals surface area contributed by atoms with E-state index in [9.17, 15) is 22.7 Å². The van der Waals surface area contributed by atoms with Crippen LogP contribution in [0.2, 0.25) is 0 Å². The molecule has 0 radical (unpaired) electrons. The largest absolute Gasteiger partial charge is 0.487 e. The van der Waals surface area contributed by atoms with Gasteiger partial charge in [-0.1, -0.05) is 0 Å². The molecule has 34 heavy (non-hydrogen) atoms. The zero-order chi connectivity index (χ0) is 24.7. The highest BCUT2D eigenvalue weighted by Crippen LogP contribution is 2.39. The van der Waals surface area contributed by atoms with Crippen LogP contribution in [0.15, 0.2) is 48.8 Å². The molecule has 3 aromatic heterocycles. The summed E-state index contributed by atoms with van der Waals surface area (Å²) < 4.78 is 78.2. The Morgan fingerprint density at radius 1 is 1.12 bits per heavy atom. The Labute approximate surface area is 189 Å². The molecule has 1 unspecified atom stereocenters. The molecule has 4 rings (SSSR count). The van der Waals surface area contributed by atoms with Gasteiger partial charge in [-0.2, -0.15) is 4.98 Å². The Kier molecular flexibility index (Phi) is 5.86. The zero-order valence-electron chi connectivity index (χ0n) is 17.6. The Morgan fingerprint density at radius 3 is 2.59 bits per heavy atom. The van der Waals surface area contributed by atoms with Crippen molar-refractivity contribution in [1.82, 2.24) is 19.6 Å². The van der Waals surface area contributed by atoms with Crippen molar-refractivity contribution >= 4 is 11.6 Å². The van der Waals surface area contributed by atoms with E-state index in [2.05, 4.69) is 15.1 Å². The number of halogens is 5. The average Bonchev–Trinajstić information content (AvgIpc) is 3.15. The minimum absolute atomic E-state index is 0.00778.